The van der Waals surface area contributed by atoms with Crippen molar-refractivity contribution in [3.05, 3.63) is 0 Å². The quantitative estimate of drug-likeness (QED) is 0.479. The van der Waals surface area contributed by atoms with E-state index in [2.05, 4.69) is 13.2 Å². The highest BCUT2D eigenvalue weighted by molar-refractivity contribution is 8.15. The summed E-state index contributed by atoms with van der Waals surface area (Å²) in [5.74, 6) is 1.32. The topological polar surface area (TPSA) is 0 Å². The van der Waals surface area contributed by atoms with Gasteiger partial charge in [0.15, 0.2) is 0 Å². The molecule has 0 unspecified atom stereocenters. The lowest BCUT2D eigenvalue weighted by molar-refractivity contribution is 1.11. The summed E-state index contributed by atoms with van der Waals surface area (Å²) in [5, 5.41) is 1.26. The van der Waals surface area contributed by atoms with E-state index in [-0.39, 0.29) is 0 Å². The van der Waals surface area contributed by atoms with Crippen LogP contribution in [-0.4, -0.2) is 17.1 Å². The molecule has 2 heteroatoms. The van der Waals surface area contributed by atoms with Crippen LogP contribution in [0.1, 0.15) is 41.0 Å². The Labute approximate surface area is 81.9 Å². The van der Waals surface area contributed by atoms with E-state index in [4.69, 9.17) is 0 Å². The molecule has 0 radical (unpaired) electrons. The molecule has 0 aromatic heterocycles. The Bertz CT molecular complexity index is 26.7. The van der Waals surface area contributed by atoms with Crippen molar-refractivity contribution in [3.63, 3.8) is 0 Å². The van der Waals surface area contributed by atoms with Gasteiger partial charge in [-0.15, -0.1) is 0 Å². The number of thioether (sulfide) groups is 2. The second kappa shape index (κ2) is 31.0. The number of hydrogen-bond acceptors (Lipinski definition) is 2. The van der Waals surface area contributed by atoms with Crippen LogP contribution >= 0.6 is 23.5 Å². The molecular weight excluding hydrogens is 172 g/mol. The molecule has 0 atom stereocenters. The molecule has 0 aromatic rings. The number of rotatable bonds is 4. The zero-order valence-electron chi connectivity index (χ0n) is 8.94. The predicted molar refractivity (Wildman–Crippen MR) is 63.8 cm³/mol. The number of hydrogen-bond donors (Lipinski definition) is 0. The van der Waals surface area contributed by atoms with Crippen molar-refractivity contribution in [3.8, 4) is 0 Å². The van der Waals surface area contributed by atoms with E-state index in [1.165, 1.54) is 17.3 Å². The predicted octanol–water partition coefficient (Wildman–Crippen LogP) is 4.50. The van der Waals surface area contributed by atoms with E-state index in [1.807, 2.05) is 51.2 Å². The van der Waals surface area contributed by atoms with Crippen molar-refractivity contribution >= 4 is 23.5 Å². The molecule has 0 saturated heterocycles. The van der Waals surface area contributed by atoms with Crippen LogP contribution in [0.15, 0.2) is 0 Å². The first-order valence-electron chi connectivity index (χ1n) is 4.48. The minimum atomic E-state index is 1.26. The van der Waals surface area contributed by atoms with Crippen molar-refractivity contribution in [1.82, 2.24) is 0 Å². The monoisotopic (exact) mass is 196 g/mol. The summed E-state index contributed by atoms with van der Waals surface area (Å²) in [6.45, 7) is 10.2. The standard InChI is InChI=1S/C5H12S2.2C2H6/c1-3-4-7-5-6-2;2*1-2/h3-5H2,1-2H3;2*1-2H3. The smallest absolute Gasteiger partial charge is 0.0389 e. The van der Waals surface area contributed by atoms with Crippen molar-refractivity contribution in [2.45, 2.75) is 41.0 Å². The molecule has 0 saturated carbocycles. The largest absolute Gasteiger partial charge is 0.155 e. The Balaban J connectivity index is -0.000000138. The van der Waals surface area contributed by atoms with Gasteiger partial charge in [0, 0.05) is 5.08 Å². The van der Waals surface area contributed by atoms with Gasteiger partial charge in [0.25, 0.3) is 0 Å². The molecule has 72 valence electrons. The van der Waals surface area contributed by atoms with Crippen LogP contribution in [0.4, 0.5) is 0 Å². The van der Waals surface area contributed by atoms with Gasteiger partial charge < -0.3 is 0 Å². The maximum atomic E-state index is 2.22. The highest BCUT2D eigenvalue weighted by Gasteiger charge is 1.79. The van der Waals surface area contributed by atoms with Gasteiger partial charge in [0.1, 0.15) is 0 Å². The lowest BCUT2D eigenvalue weighted by Crippen LogP contribution is -1.72. The van der Waals surface area contributed by atoms with Crippen molar-refractivity contribution < 1.29 is 0 Å². The third kappa shape index (κ3) is 36.7. The van der Waals surface area contributed by atoms with E-state index in [0.717, 1.165) is 0 Å². The summed E-state index contributed by atoms with van der Waals surface area (Å²) in [7, 11) is 0. The molecule has 0 N–H and O–H groups in total. The summed E-state index contributed by atoms with van der Waals surface area (Å²) < 4.78 is 0. The second-order valence-corrected chi connectivity index (χ2v) is 3.65. The molecule has 0 amide bonds. The fourth-order valence-corrected chi connectivity index (χ4v) is 1.71. The molecule has 0 spiro atoms. The summed E-state index contributed by atoms with van der Waals surface area (Å²) in [6.07, 6.45) is 3.45. The normalized spacial score (nSPS) is 7.09. The van der Waals surface area contributed by atoms with E-state index >= 15 is 0 Å². The third-order valence-electron chi connectivity index (χ3n) is 0.550. The molecule has 0 aliphatic heterocycles. The van der Waals surface area contributed by atoms with E-state index < -0.39 is 0 Å². The van der Waals surface area contributed by atoms with Crippen molar-refractivity contribution in [1.29, 1.82) is 0 Å². The van der Waals surface area contributed by atoms with Crippen molar-refractivity contribution in [2.75, 3.05) is 17.1 Å². The van der Waals surface area contributed by atoms with Crippen LogP contribution in [-0.2, 0) is 0 Å². The van der Waals surface area contributed by atoms with Crippen LogP contribution in [0, 0.1) is 0 Å². The van der Waals surface area contributed by atoms with E-state index in [9.17, 15) is 0 Å². The van der Waals surface area contributed by atoms with Gasteiger partial charge in [0.05, 0.1) is 0 Å². The van der Waals surface area contributed by atoms with E-state index in [0.29, 0.717) is 0 Å². The first-order valence-corrected chi connectivity index (χ1v) is 7.03. The van der Waals surface area contributed by atoms with Crippen LogP contribution < -0.4 is 0 Å². The maximum absolute atomic E-state index is 2.22. The Morgan fingerprint density at radius 1 is 1.00 bits per heavy atom. The van der Waals surface area contributed by atoms with Crippen LogP contribution in [0.3, 0.4) is 0 Å². The maximum Gasteiger partial charge on any atom is 0.0389 e. The first kappa shape index (κ1) is 17.7. The molecular formula is C9H24S2. The fourth-order valence-electron chi connectivity index (χ4n) is 0.287. The molecule has 0 nitrogen and oxygen atoms in total. The van der Waals surface area contributed by atoms with E-state index in [1.54, 1.807) is 0 Å². The zero-order valence-corrected chi connectivity index (χ0v) is 10.6. The lowest BCUT2D eigenvalue weighted by atomic mass is 10.6. The first-order chi connectivity index (χ1) is 5.41. The minimum absolute atomic E-state index is 1.26. The summed E-state index contributed by atoms with van der Waals surface area (Å²) in [6, 6.07) is 0. The van der Waals surface area contributed by atoms with Gasteiger partial charge >= 0.3 is 0 Å². The van der Waals surface area contributed by atoms with Crippen LogP contribution in [0.25, 0.3) is 0 Å². The summed E-state index contributed by atoms with van der Waals surface area (Å²) in [5.41, 5.74) is 0. The Kier molecular flexibility index (Phi) is 49.9. The Morgan fingerprint density at radius 2 is 1.45 bits per heavy atom. The second-order valence-electron chi connectivity index (χ2n) is 1.31. The molecule has 11 heavy (non-hydrogen) atoms. The molecule has 0 heterocycles. The molecule has 0 aromatic carbocycles. The SMILES string of the molecule is CC.CC.CCCSCSC. The highest BCUT2D eigenvalue weighted by atomic mass is 32.2. The van der Waals surface area contributed by atoms with Crippen LogP contribution in [0.2, 0.25) is 0 Å². The average molecular weight is 196 g/mol. The average Bonchev–Trinajstić information content (AvgIpc) is 2.13. The highest BCUT2D eigenvalue weighted by Crippen LogP contribution is 2.08. The van der Waals surface area contributed by atoms with Gasteiger partial charge in [-0.25, -0.2) is 0 Å². The van der Waals surface area contributed by atoms with Crippen LogP contribution in [0.5, 0.6) is 0 Å². The lowest BCUT2D eigenvalue weighted by Gasteiger charge is -1.91. The Hall–Kier alpha value is 0.700. The molecule has 0 fully saturated rings. The van der Waals surface area contributed by atoms with Gasteiger partial charge in [0.2, 0.25) is 0 Å². The van der Waals surface area contributed by atoms with Crippen molar-refractivity contribution in [2.24, 2.45) is 0 Å². The fraction of sp³-hybridized carbons (Fsp3) is 1.00. The summed E-state index contributed by atoms with van der Waals surface area (Å²) in [4.78, 5) is 0. The Morgan fingerprint density at radius 3 is 1.73 bits per heavy atom. The molecule has 0 aliphatic carbocycles. The molecule has 0 bridgehead atoms. The summed E-state index contributed by atoms with van der Waals surface area (Å²) >= 11 is 3.92. The minimum Gasteiger partial charge on any atom is -0.155 e. The third-order valence-corrected chi connectivity index (χ3v) is 2.86. The zero-order chi connectivity index (χ0) is 9.54. The van der Waals surface area contributed by atoms with Gasteiger partial charge in [-0.1, -0.05) is 34.6 Å². The molecule has 0 rings (SSSR count). The van der Waals surface area contributed by atoms with Gasteiger partial charge in [-0.05, 0) is 18.4 Å². The van der Waals surface area contributed by atoms with Gasteiger partial charge in [-0.3, -0.25) is 0 Å². The van der Waals surface area contributed by atoms with Gasteiger partial charge in [-0.2, -0.15) is 23.5 Å². The molecule has 0 aliphatic rings.